The van der Waals surface area contributed by atoms with Gasteiger partial charge in [-0.05, 0) is 31.9 Å². The van der Waals surface area contributed by atoms with Crippen molar-refractivity contribution in [3.63, 3.8) is 0 Å². The van der Waals surface area contributed by atoms with Crippen LogP contribution in [0.2, 0.25) is 0 Å². The minimum absolute atomic E-state index is 0.194. The highest BCUT2D eigenvalue weighted by molar-refractivity contribution is 5.18. The van der Waals surface area contributed by atoms with Crippen LogP contribution in [0, 0.1) is 0 Å². The van der Waals surface area contributed by atoms with Gasteiger partial charge in [0, 0.05) is 18.6 Å². The first-order chi connectivity index (χ1) is 7.27. The molecule has 1 aliphatic heterocycles. The number of nitrogens with zero attached hydrogens (tertiary/aromatic N) is 1. The van der Waals surface area contributed by atoms with Gasteiger partial charge < -0.3 is 10.6 Å². The first-order valence-corrected chi connectivity index (χ1v) is 5.82. The van der Waals surface area contributed by atoms with E-state index < -0.39 is 0 Å². The number of likely N-dealkylation sites (tertiary alicyclic amines) is 1. The van der Waals surface area contributed by atoms with Crippen LogP contribution in [-0.2, 0) is 0 Å². The van der Waals surface area contributed by atoms with E-state index in [0.717, 1.165) is 19.0 Å². The van der Waals surface area contributed by atoms with Gasteiger partial charge in [-0.1, -0.05) is 30.3 Å². The van der Waals surface area contributed by atoms with Gasteiger partial charge in [0.15, 0.2) is 0 Å². The SMILES string of the molecule is CC1CCN1CCC(N)c1ccccc1. The molecule has 0 amide bonds. The Kier molecular flexibility index (Phi) is 3.39. The maximum Gasteiger partial charge on any atom is 0.0307 e. The third-order valence-corrected chi connectivity index (χ3v) is 3.41. The van der Waals surface area contributed by atoms with Gasteiger partial charge in [-0.3, -0.25) is 0 Å². The van der Waals surface area contributed by atoms with E-state index in [2.05, 4.69) is 36.1 Å². The van der Waals surface area contributed by atoms with Gasteiger partial charge in [0.1, 0.15) is 0 Å². The van der Waals surface area contributed by atoms with Crippen LogP contribution < -0.4 is 5.73 Å². The molecule has 0 aliphatic carbocycles. The average Bonchev–Trinajstić information content (AvgIpc) is 2.28. The van der Waals surface area contributed by atoms with Crippen LogP contribution in [0.1, 0.15) is 31.4 Å². The second-order valence-corrected chi connectivity index (χ2v) is 4.48. The van der Waals surface area contributed by atoms with Gasteiger partial charge in [-0.2, -0.15) is 0 Å². The van der Waals surface area contributed by atoms with Crippen LogP contribution in [0.3, 0.4) is 0 Å². The van der Waals surface area contributed by atoms with Crippen molar-refractivity contribution >= 4 is 0 Å². The lowest BCUT2D eigenvalue weighted by molar-refractivity contribution is 0.101. The van der Waals surface area contributed by atoms with Crippen LogP contribution in [0.15, 0.2) is 30.3 Å². The summed E-state index contributed by atoms with van der Waals surface area (Å²) in [5, 5.41) is 0. The molecule has 1 fully saturated rings. The van der Waals surface area contributed by atoms with E-state index in [1.54, 1.807) is 0 Å². The lowest BCUT2D eigenvalue weighted by atomic mass is 10.0. The van der Waals surface area contributed by atoms with Crippen molar-refractivity contribution in [2.45, 2.75) is 31.8 Å². The fourth-order valence-corrected chi connectivity index (χ4v) is 2.07. The van der Waals surface area contributed by atoms with E-state index in [1.807, 2.05) is 6.07 Å². The highest BCUT2D eigenvalue weighted by atomic mass is 15.2. The standard InChI is InChI=1S/C13H20N2/c1-11-7-9-15(11)10-8-13(14)12-5-3-2-4-6-12/h2-6,11,13H,7-10,14H2,1H3. The average molecular weight is 204 g/mol. The van der Waals surface area contributed by atoms with Crippen molar-refractivity contribution in [3.8, 4) is 0 Å². The fourth-order valence-electron chi connectivity index (χ4n) is 2.07. The van der Waals surface area contributed by atoms with Crippen molar-refractivity contribution in [2.75, 3.05) is 13.1 Å². The molecule has 2 rings (SSSR count). The minimum Gasteiger partial charge on any atom is -0.324 e. The van der Waals surface area contributed by atoms with Gasteiger partial charge >= 0.3 is 0 Å². The zero-order valence-electron chi connectivity index (χ0n) is 9.39. The maximum absolute atomic E-state index is 6.14. The monoisotopic (exact) mass is 204 g/mol. The van der Waals surface area contributed by atoms with Crippen LogP contribution >= 0.6 is 0 Å². The predicted molar refractivity (Wildman–Crippen MR) is 63.6 cm³/mol. The van der Waals surface area contributed by atoms with Crippen molar-refractivity contribution in [1.29, 1.82) is 0 Å². The first kappa shape index (κ1) is 10.7. The van der Waals surface area contributed by atoms with Gasteiger partial charge in [0.2, 0.25) is 0 Å². The summed E-state index contributed by atoms with van der Waals surface area (Å²) in [6.07, 6.45) is 2.41. The van der Waals surface area contributed by atoms with Gasteiger partial charge in [-0.15, -0.1) is 0 Å². The Labute approximate surface area is 92.1 Å². The van der Waals surface area contributed by atoms with Gasteiger partial charge in [-0.25, -0.2) is 0 Å². The van der Waals surface area contributed by atoms with E-state index in [9.17, 15) is 0 Å². The molecule has 2 heteroatoms. The molecule has 1 aromatic rings. The summed E-state index contributed by atoms with van der Waals surface area (Å²) in [5.41, 5.74) is 7.40. The lowest BCUT2D eigenvalue weighted by Crippen LogP contribution is -2.46. The molecule has 15 heavy (non-hydrogen) atoms. The largest absolute Gasteiger partial charge is 0.324 e. The summed E-state index contributed by atoms with van der Waals surface area (Å²) >= 11 is 0. The Morgan fingerprint density at radius 3 is 2.67 bits per heavy atom. The number of hydrogen-bond acceptors (Lipinski definition) is 2. The Hall–Kier alpha value is -0.860. The second kappa shape index (κ2) is 4.77. The van der Waals surface area contributed by atoms with E-state index in [4.69, 9.17) is 5.73 Å². The Balaban J connectivity index is 1.80. The van der Waals surface area contributed by atoms with Crippen molar-refractivity contribution < 1.29 is 0 Å². The summed E-state index contributed by atoms with van der Waals surface area (Å²) in [4.78, 5) is 2.50. The molecule has 1 heterocycles. The zero-order valence-corrected chi connectivity index (χ0v) is 9.39. The van der Waals surface area contributed by atoms with E-state index >= 15 is 0 Å². The highest BCUT2D eigenvalue weighted by Gasteiger charge is 2.23. The molecular weight excluding hydrogens is 184 g/mol. The molecule has 2 unspecified atom stereocenters. The smallest absolute Gasteiger partial charge is 0.0307 e. The van der Waals surface area contributed by atoms with E-state index in [1.165, 1.54) is 18.5 Å². The highest BCUT2D eigenvalue weighted by Crippen LogP contribution is 2.20. The Bertz CT molecular complexity index is 297. The summed E-state index contributed by atoms with van der Waals surface area (Å²) in [6, 6.07) is 11.3. The fraction of sp³-hybridized carbons (Fsp3) is 0.538. The number of hydrogen-bond donors (Lipinski definition) is 1. The third kappa shape index (κ3) is 2.58. The molecule has 1 aliphatic rings. The molecule has 1 saturated heterocycles. The van der Waals surface area contributed by atoms with Crippen LogP contribution in [0.25, 0.3) is 0 Å². The molecule has 2 nitrogen and oxygen atoms in total. The normalized spacial score (nSPS) is 23.5. The molecular formula is C13H20N2. The number of benzene rings is 1. The van der Waals surface area contributed by atoms with Crippen LogP contribution in [0.4, 0.5) is 0 Å². The molecule has 0 radical (unpaired) electrons. The van der Waals surface area contributed by atoms with Gasteiger partial charge in [0.05, 0.1) is 0 Å². The Morgan fingerprint density at radius 2 is 2.13 bits per heavy atom. The summed E-state index contributed by atoms with van der Waals surface area (Å²) < 4.78 is 0. The molecule has 2 N–H and O–H groups in total. The van der Waals surface area contributed by atoms with E-state index in [0.29, 0.717) is 0 Å². The van der Waals surface area contributed by atoms with Gasteiger partial charge in [0.25, 0.3) is 0 Å². The first-order valence-electron chi connectivity index (χ1n) is 5.82. The van der Waals surface area contributed by atoms with Crippen molar-refractivity contribution in [3.05, 3.63) is 35.9 Å². The Morgan fingerprint density at radius 1 is 1.40 bits per heavy atom. The summed E-state index contributed by atoms with van der Waals surface area (Å²) in [5.74, 6) is 0. The van der Waals surface area contributed by atoms with Crippen molar-refractivity contribution in [1.82, 2.24) is 4.90 Å². The third-order valence-electron chi connectivity index (χ3n) is 3.41. The molecule has 82 valence electrons. The molecule has 0 aromatic heterocycles. The van der Waals surface area contributed by atoms with E-state index in [-0.39, 0.29) is 6.04 Å². The molecule has 1 aromatic carbocycles. The molecule has 0 saturated carbocycles. The minimum atomic E-state index is 0.194. The predicted octanol–water partition coefficient (Wildman–Crippen LogP) is 2.17. The number of nitrogens with two attached hydrogens (primary N) is 1. The molecule has 0 bridgehead atoms. The van der Waals surface area contributed by atoms with Crippen LogP contribution in [0.5, 0.6) is 0 Å². The summed E-state index contributed by atoms with van der Waals surface area (Å²) in [6.45, 7) is 4.68. The lowest BCUT2D eigenvalue weighted by Gasteiger charge is -2.39. The second-order valence-electron chi connectivity index (χ2n) is 4.48. The molecule has 2 atom stereocenters. The molecule has 0 spiro atoms. The van der Waals surface area contributed by atoms with Crippen LogP contribution in [-0.4, -0.2) is 24.0 Å². The quantitative estimate of drug-likeness (QED) is 0.814. The topological polar surface area (TPSA) is 29.3 Å². The number of rotatable bonds is 4. The van der Waals surface area contributed by atoms with Crippen molar-refractivity contribution in [2.24, 2.45) is 5.73 Å². The maximum atomic E-state index is 6.14. The summed E-state index contributed by atoms with van der Waals surface area (Å²) in [7, 11) is 0. The zero-order chi connectivity index (χ0) is 10.7.